The molecule has 5 nitrogen and oxygen atoms in total. The Morgan fingerprint density at radius 3 is 2.50 bits per heavy atom. The summed E-state index contributed by atoms with van der Waals surface area (Å²) in [4.78, 5) is 1.82. The molecule has 0 fully saturated rings. The van der Waals surface area contributed by atoms with Crippen molar-refractivity contribution in [2.75, 3.05) is 11.9 Å². The van der Waals surface area contributed by atoms with Crippen LogP contribution in [0.2, 0.25) is 0 Å². The first-order valence-electron chi connectivity index (χ1n) is 5.03. The molecule has 0 amide bonds. The molecular weight excluding hydrogens is 204 g/mol. The number of anilines is 2. The van der Waals surface area contributed by atoms with E-state index in [1.807, 2.05) is 43.1 Å². The van der Waals surface area contributed by atoms with Gasteiger partial charge in [-0.25, -0.2) is 0 Å². The second-order valence-corrected chi connectivity index (χ2v) is 3.58. The number of hydrogen-bond donors (Lipinski definition) is 1. The Labute approximate surface area is 93.9 Å². The average molecular weight is 218 g/mol. The molecule has 0 saturated heterocycles. The summed E-state index contributed by atoms with van der Waals surface area (Å²) < 4.78 is 5.36. The van der Waals surface area contributed by atoms with Gasteiger partial charge in [0.15, 0.2) is 0 Å². The van der Waals surface area contributed by atoms with Crippen molar-refractivity contribution in [2.45, 2.75) is 13.5 Å². The highest BCUT2D eigenvalue weighted by molar-refractivity contribution is 5.55. The van der Waals surface area contributed by atoms with Crippen LogP contribution >= 0.6 is 0 Å². The molecule has 1 heterocycles. The summed E-state index contributed by atoms with van der Waals surface area (Å²) in [6.45, 7) is 2.30. The summed E-state index contributed by atoms with van der Waals surface area (Å²) >= 11 is 0. The highest BCUT2D eigenvalue weighted by atomic mass is 16.4. The molecule has 0 bridgehead atoms. The Morgan fingerprint density at radius 2 is 1.94 bits per heavy atom. The molecule has 0 saturated carbocycles. The van der Waals surface area contributed by atoms with Crippen molar-refractivity contribution >= 4 is 11.7 Å². The average Bonchev–Trinajstić information content (AvgIpc) is 2.77. The zero-order valence-corrected chi connectivity index (χ0v) is 9.34. The number of nitrogens with two attached hydrogens (primary N) is 1. The molecule has 2 aromatic rings. The number of aromatic nitrogens is 2. The van der Waals surface area contributed by atoms with E-state index in [-0.39, 0.29) is 6.54 Å². The summed E-state index contributed by atoms with van der Waals surface area (Å²) in [5.41, 5.74) is 7.62. The van der Waals surface area contributed by atoms with E-state index in [0.717, 1.165) is 5.69 Å². The molecule has 5 heteroatoms. The lowest BCUT2D eigenvalue weighted by Crippen LogP contribution is -2.09. The van der Waals surface area contributed by atoms with Gasteiger partial charge in [0, 0.05) is 12.7 Å². The fourth-order valence-electron chi connectivity index (χ4n) is 1.34. The Bertz CT molecular complexity index is 463. The van der Waals surface area contributed by atoms with Gasteiger partial charge >= 0.3 is 6.01 Å². The minimum Gasteiger partial charge on any atom is -0.406 e. The van der Waals surface area contributed by atoms with Crippen LogP contribution in [0.4, 0.5) is 11.7 Å². The quantitative estimate of drug-likeness (QED) is 0.847. The van der Waals surface area contributed by atoms with Gasteiger partial charge in [-0.3, -0.25) is 4.90 Å². The predicted octanol–water partition coefficient (Wildman–Crippen LogP) is 1.60. The maximum atomic E-state index is 5.41. The first-order valence-corrected chi connectivity index (χ1v) is 5.03. The Balaban J connectivity index is 2.24. The van der Waals surface area contributed by atoms with E-state index in [1.54, 1.807) is 0 Å². The molecule has 1 aromatic heterocycles. The number of aryl methyl sites for hydroxylation is 1. The second kappa shape index (κ2) is 4.32. The lowest BCUT2D eigenvalue weighted by molar-refractivity contribution is 0.500. The molecule has 2 rings (SSSR count). The minimum atomic E-state index is 0.259. The van der Waals surface area contributed by atoms with E-state index in [0.29, 0.717) is 11.9 Å². The highest BCUT2D eigenvalue weighted by Crippen LogP contribution is 2.22. The maximum Gasteiger partial charge on any atom is 0.322 e. The minimum absolute atomic E-state index is 0.259. The zero-order chi connectivity index (χ0) is 11.5. The van der Waals surface area contributed by atoms with E-state index >= 15 is 0 Å². The van der Waals surface area contributed by atoms with E-state index in [1.165, 1.54) is 5.56 Å². The fraction of sp³-hybridized carbons (Fsp3) is 0.273. The van der Waals surface area contributed by atoms with Crippen LogP contribution in [0, 0.1) is 6.92 Å². The first-order chi connectivity index (χ1) is 7.70. The van der Waals surface area contributed by atoms with E-state index in [2.05, 4.69) is 10.2 Å². The third-order valence-electron chi connectivity index (χ3n) is 2.34. The standard InChI is InChI=1S/C11H14N4O/c1-8-3-5-9(6-4-8)15(2)11-14-13-10(7-12)16-11/h3-6H,7,12H2,1-2H3. The molecule has 0 aliphatic carbocycles. The van der Waals surface area contributed by atoms with Crippen LogP contribution in [0.3, 0.4) is 0 Å². The smallest absolute Gasteiger partial charge is 0.322 e. The van der Waals surface area contributed by atoms with Crippen LogP contribution < -0.4 is 10.6 Å². The van der Waals surface area contributed by atoms with Crippen molar-refractivity contribution in [3.8, 4) is 0 Å². The monoisotopic (exact) mass is 218 g/mol. The van der Waals surface area contributed by atoms with Crippen LogP contribution in [0.5, 0.6) is 0 Å². The molecule has 1 aromatic carbocycles. The Kier molecular flexibility index (Phi) is 2.87. The predicted molar refractivity (Wildman–Crippen MR) is 61.4 cm³/mol. The van der Waals surface area contributed by atoms with E-state index < -0.39 is 0 Å². The molecule has 2 N–H and O–H groups in total. The van der Waals surface area contributed by atoms with Gasteiger partial charge in [0.05, 0.1) is 6.54 Å². The van der Waals surface area contributed by atoms with Crippen molar-refractivity contribution in [1.29, 1.82) is 0 Å². The van der Waals surface area contributed by atoms with Gasteiger partial charge in [-0.15, -0.1) is 5.10 Å². The van der Waals surface area contributed by atoms with Gasteiger partial charge in [-0.2, -0.15) is 0 Å². The van der Waals surface area contributed by atoms with Crippen LogP contribution in [0.15, 0.2) is 28.7 Å². The van der Waals surface area contributed by atoms with Crippen molar-refractivity contribution < 1.29 is 4.42 Å². The lowest BCUT2D eigenvalue weighted by atomic mass is 10.2. The topological polar surface area (TPSA) is 68.2 Å². The molecule has 0 aliphatic heterocycles. The molecule has 84 valence electrons. The van der Waals surface area contributed by atoms with Gasteiger partial charge < -0.3 is 10.2 Å². The van der Waals surface area contributed by atoms with Crippen LogP contribution in [-0.4, -0.2) is 17.2 Å². The first kappa shape index (κ1) is 10.6. The fourth-order valence-corrected chi connectivity index (χ4v) is 1.34. The van der Waals surface area contributed by atoms with Gasteiger partial charge in [-0.1, -0.05) is 22.8 Å². The number of hydrogen-bond acceptors (Lipinski definition) is 5. The third-order valence-corrected chi connectivity index (χ3v) is 2.34. The summed E-state index contributed by atoms with van der Waals surface area (Å²) in [7, 11) is 1.87. The van der Waals surface area contributed by atoms with E-state index in [9.17, 15) is 0 Å². The number of rotatable bonds is 3. The van der Waals surface area contributed by atoms with Gasteiger partial charge in [0.2, 0.25) is 5.89 Å². The van der Waals surface area contributed by atoms with E-state index in [4.69, 9.17) is 10.2 Å². The summed E-state index contributed by atoms with van der Waals surface area (Å²) in [6, 6.07) is 8.52. The normalized spacial score (nSPS) is 10.4. The van der Waals surface area contributed by atoms with Crippen LogP contribution in [0.25, 0.3) is 0 Å². The second-order valence-electron chi connectivity index (χ2n) is 3.58. The Hall–Kier alpha value is -1.88. The Morgan fingerprint density at radius 1 is 1.25 bits per heavy atom. The van der Waals surface area contributed by atoms with Gasteiger partial charge in [0.25, 0.3) is 0 Å². The molecular formula is C11H14N4O. The maximum absolute atomic E-state index is 5.41. The lowest BCUT2D eigenvalue weighted by Gasteiger charge is -2.13. The van der Waals surface area contributed by atoms with Crippen molar-refractivity contribution in [3.63, 3.8) is 0 Å². The van der Waals surface area contributed by atoms with Crippen LogP contribution in [0.1, 0.15) is 11.5 Å². The summed E-state index contributed by atoms with van der Waals surface area (Å²) in [6.07, 6.45) is 0. The molecule has 0 unspecified atom stereocenters. The largest absolute Gasteiger partial charge is 0.406 e. The molecule has 0 radical (unpaired) electrons. The van der Waals surface area contributed by atoms with Crippen molar-refractivity contribution in [3.05, 3.63) is 35.7 Å². The number of benzene rings is 1. The highest BCUT2D eigenvalue weighted by Gasteiger charge is 2.11. The summed E-state index contributed by atoms with van der Waals surface area (Å²) in [5.74, 6) is 0.439. The molecule has 0 aliphatic rings. The van der Waals surface area contributed by atoms with Crippen molar-refractivity contribution in [2.24, 2.45) is 5.73 Å². The third kappa shape index (κ3) is 2.04. The molecule has 16 heavy (non-hydrogen) atoms. The SMILES string of the molecule is Cc1ccc(N(C)c2nnc(CN)o2)cc1. The molecule has 0 atom stereocenters. The molecule has 0 spiro atoms. The zero-order valence-electron chi connectivity index (χ0n) is 9.34. The van der Waals surface area contributed by atoms with Gasteiger partial charge in [0.1, 0.15) is 0 Å². The number of nitrogens with zero attached hydrogens (tertiary/aromatic N) is 3. The summed E-state index contributed by atoms with van der Waals surface area (Å²) in [5, 5.41) is 7.73. The van der Waals surface area contributed by atoms with Crippen molar-refractivity contribution in [1.82, 2.24) is 10.2 Å². The van der Waals surface area contributed by atoms with Gasteiger partial charge in [-0.05, 0) is 19.1 Å². The van der Waals surface area contributed by atoms with Crippen LogP contribution in [-0.2, 0) is 6.54 Å².